The molecule has 1 unspecified atom stereocenters. The Morgan fingerprint density at radius 2 is 1.62 bits per heavy atom. The van der Waals surface area contributed by atoms with E-state index in [9.17, 15) is 33.0 Å². The second kappa shape index (κ2) is 12.3. The van der Waals surface area contributed by atoms with Crippen molar-refractivity contribution < 1.29 is 42.1 Å². The van der Waals surface area contributed by atoms with Crippen LogP contribution in [0.2, 0.25) is 0 Å². The number of carbonyl (C=O) groups excluding carboxylic acids is 2. The molecule has 6 aliphatic carbocycles. The largest absolute Gasteiger partial charge is 0.573 e. The number of furan rings is 1. The zero-order chi connectivity index (χ0) is 37.4. The summed E-state index contributed by atoms with van der Waals surface area (Å²) in [7, 11) is 0. The van der Waals surface area contributed by atoms with E-state index < -0.39 is 40.3 Å². The van der Waals surface area contributed by atoms with Crippen molar-refractivity contribution >= 4 is 17.5 Å². The first-order chi connectivity index (χ1) is 25.1. The molecule has 2 spiro atoms. The van der Waals surface area contributed by atoms with E-state index in [0.29, 0.717) is 48.9 Å². The lowest BCUT2D eigenvalue weighted by Gasteiger charge is -2.71. The Hall–Kier alpha value is -4.35. The number of nitrogens with zero attached hydrogens (tertiary/aromatic N) is 1. The van der Waals surface area contributed by atoms with Crippen LogP contribution in [0.15, 0.2) is 101 Å². The van der Waals surface area contributed by atoms with Crippen LogP contribution in [0.1, 0.15) is 74.9 Å². The molecule has 9 rings (SSSR count). The second-order valence-electron chi connectivity index (χ2n) is 16.5. The topological polar surface area (TPSA) is 112 Å². The number of fused-ring (bicyclic) bond motifs is 1. The molecule has 2 amide bonds. The minimum absolute atomic E-state index is 0.0206. The van der Waals surface area contributed by atoms with E-state index in [1.165, 1.54) is 35.4 Å². The average molecular weight is 731 g/mol. The molecule has 8 atom stereocenters. The van der Waals surface area contributed by atoms with E-state index in [0.717, 1.165) is 12.8 Å². The average Bonchev–Trinajstić information content (AvgIpc) is 3.75. The zero-order valence-electron chi connectivity index (χ0n) is 29.9. The summed E-state index contributed by atoms with van der Waals surface area (Å²) in [5, 5.41) is 26.9. The highest BCUT2D eigenvalue weighted by molar-refractivity contribution is 6.08. The number of hydrogen-bond donors (Lipinski definition) is 3. The Bertz CT molecular complexity index is 1950. The molecule has 1 heterocycles. The molecule has 0 radical (unpaired) electrons. The fraction of sp³-hybridized carbons (Fsp3) is 0.476. The van der Waals surface area contributed by atoms with Crippen molar-refractivity contribution in [2.75, 3.05) is 11.9 Å². The Balaban J connectivity index is 1.16. The van der Waals surface area contributed by atoms with Gasteiger partial charge in [-0.3, -0.25) is 4.79 Å². The molecule has 53 heavy (non-hydrogen) atoms. The number of alkyl halides is 3. The van der Waals surface area contributed by atoms with E-state index >= 15 is 0 Å². The number of hydrogen-bond acceptors (Lipinski definition) is 6. The molecule has 8 nitrogen and oxygen atoms in total. The highest BCUT2D eigenvalue weighted by atomic mass is 19.4. The number of nitrogens with one attached hydrogen (secondary N) is 1. The van der Waals surface area contributed by atoms with E-state index in [-0.39, 0.29) is 47.6 Å². The number of anilines is 1. The fourth-order valence-electron chi connectivity index (χ4n) is 11.4. The minimum Gasteiger partial charge on any atom is -0.461 e. The Kier molecular flexibility index (Phi) is 8.31. The molecule has 3 aromatic rings. The van der Waals surface area contributed by atoms with E-state index in [4.69, 9.17) is 4.42 Å². The van der Waals surface area contributed by atoms with Crippen molar-refractivity contribution in [3.05, 3.63) is 108 Å². The van der Waals surface area contributed by atoms with Crippen LogP contribution in [0, 0.1) is 33.5 Å². The van der Waals surface area contributed by atoms with E-state index in [1.807, 2.05) is 6.07 Å². The third-order valence-electron chi connectivity index (χ3n) is 14.0. The fourth-order valence-corrected chi connectivity index (χ4v) is 11.4. The number of Topliss-reactive ketones (excluding diaryl/α,β-unsaturated/α-hetero) is 1. The van der Waals surface area contributed by atoms with Crippen LogP contribution < -0.4 is 10.1 Å². The van der Waals surface area contributed by atoms with Gasteiger partial charge in [0.2, 0.25) is 5.78 Å². The lowest BCUT2D eigenvalue weighted by molar-refractivity contribution is -0.274. The third-order valence-corrected chi connectivity index (χ3v) is 14.0. The first-order valence-corrected chi connectivity index (χ1v) is 18.5. The van der Waals surface area contributed by atoms with Crippen LogP contribution in [0.3, 0.4) is 0 Å². The first-order valence-electron chi connectivity index (χ1n) is 18.5. The van der Waals surface area contributed by atoms with Crippen molar-refractivity contribution in [3.63, 3.8) is 0 Å². The van der Waals surface area contributed by atoms with Gasteiger partial charge in [0.15, 0.2) is 5.76 Å². The maximum atomic E-state index is 14.5. The summed E-state index contributed by atoms with van der Waals surface area (Å²) < 4.78 is 48.4. The quantitative estimate of drug-likeness (QED) is 0.158. The van der Waals surface area contributed by atoms with Crippen LogP contribution in [0.5, 0.6) is 5.75 Å². The van der Waals surface area contributed by atoms with Gasteiger partial charge in [-0.2, -0.15) is 0 Å². The van der Waals surface area contributed by atoms with Gasteiger partial charge in [-0.25, -0.2) is 4.79 Å². The Morgan fingerprint density at radius 1 is 0.925 bits per heavy atom. The van der Waals surface area contributed by atoms with Gasteiger partial charge in [0, 0.05) is 34.1 Å². The number of allylic oxidation sites excluding steroid dienone is 4. The highest BCUT2D eigenvalue weighted by Crippen LogP contribution is 2.78. The van der Waals surface area contributed by atoms with Crippen LogP contribution in [0.25, 0.3) is 0 Å². The number of benzene rings is 2. The summed E-state index contributed by atoms with van der Waals surface area (Å²) in [6.07, 6.45) is 7.24. The molecule has 3 fully saturated rings. The SMILES string of the molecule is C[C@]12CC[C@H]3[C@]4(C=C[C@@]5(C=C4C(=O)c4ccco4)CC(O)CC[C@]35C)[C@@H]1CC[C@@]2(O)CN(Cc1ccc(OC(F)(F)F)cc1)C(=O)Nc1ccccc1. The maximum absolute atomic E-state index is 14.5. The molecule has 2 bridgehead atoms. The highest BCUT2D eigenvalue weighted by Gasteiger charge is 2.74. The molecule has 6 aliphatic rings. The van der Waals surface area contributed by atoms with E-state index in [2.05, 4.69) is 42.1 Å². The number of amides is 2. The van der Waals surface area contributed by atoms with Crippen molar-refractivity contribution in [2.45, 2.75) is 83.4 Å². The molecule has 3 N–H and O–H groups in total. The summed E-state index contributed by atoms with van der Waals surface area (Å²) in [6.45, 7) is 4.39. The van der Waals surface area contributed by atoms with Gasteiger partial charge in [0.25, 0.3) is 0 Å². The van der Waals surface area contributed by atoms with Gasteiger partial charge >= 0.3 is 12.4 Å². The molecule has 2 aromatic carbocycles. The third kappa shape index (κ3) is 5.56. The molecule has 11 heteroatoms. The maximum Gasteiger partial charge on any atom is 0.573 e. The second-order valence-corrected chi connectivity index (χ2v) is 16.5. The molecular weight excluding hydrogens is 685 g/mol. The standard InChI is InChI=1S/C42H45F3N2O6/c1-37-17-14-29(48)23-39(37)20-21-41(31(24-39)35(49)32-9-6-22-52-32)33(37)15-18-38(2)34(41)16-19-40(38,51)26-47(36(50)46-28-7-4-3-5-8-28)25-27-10-12-30(13-11-27)53-42(43,44)45/h3-13,20-22,24,29,33-34,48,51H,14-19,23,25-26H2,1-2H3,(H,46,50)/t29?,33-,34-,37-,38+,39+,40-,41-/m1/s1. The van der Waals surface area contributed by atoms with Crippen molar-refractivity contribution in [2.24, 2.45) is 33.5 Å². The van der Waals surface area contributed by atoms with Crippen LogP contribution in [-0.4, -0.2) is 51.5 Å². The monoisotopic (exact) mass is 730 g/mol. The van der Waals surface area contributed by atoms with Gasteiger partial charge in [-0.15, -0.1) is 13.2 Å². The van der Waals surface area contributed by atoms with Crippen LogP contribution in [0.4, 0.5) is 23.7 Å². The zero-order valence-corrected chi connectivity index (χ0v) is 29.9. The summed E-state index contributed by atoms with van der Waals surface area (Å²) in [5.74, 6) is -0.349. The molecule has 1 aromatic heterocycles. The Labute approximate surface area is 306 Å². The number of halogens is 3. The summed E-state index contributed by atoms with van der Waals surface area (Å²) in [4.78, 5) is 30.1. The van der Waals surface area contributed by atoms with Gasteiger partial charge in [0.1, 0.15) is 5.75 Å². The Morgan fingerprint density at radius 3 is 2.32 bits per heavy atom. The molecule has 0 saturated heterocycles. The van der Waals surface area contributed by atoms with Gasteiger partial charge < -0.3 is 29.6 Å². The van der Waals surface area contributed by atoms with Gasteiger partial charge in [0.05, 0.1) is 24.5 Å². The number of para-hydroxylation sites is 1. The first kappa shape index (κ1) is 35.7. The summed E-state index contributed by atoms with van der Waals surface area (Å²) in [5.41, 5.74) is -1.69. The van der Waals surface area contributed by atoms with Crippen molar-refractivity contribution in [1.82, 2.24) is 4.90 Å². The number of carbonyl (C=O) groups is 2. The number of aliphatic hydroxyl groups is 2. The lowest BCUT2D eigenvalue weighted by atomic mass is 9.32. The normalized spacial score (nSPS) is 35.5. The van der Waals surface area contributed by atoms with Gasteiger partial charge in [-0.1, -0.05) is 62.4 Å². The number of aliphatic hydroxyl groups excluding tert-OH is 1. The lowest BCUT2D eigenvalue weighted by Crippen LogP contribution is -2.67. The molecular formula is C42H45F3N2O6. The molecule has 280 valence electrons. The molecule has 0 aliphatic heterocycles. The number of urea groups is 1. The molecule has 3 saturated carbocycles. The summed E-state index contributed by atoms with van der Waals surface area (Å²) >= 11 is 0. The summed E-state index contributed by atoms with van der Waals surface area (Å²) in [6, 6.07) is 17.3. The van der Waals surface area contributed by atoms with Crippen LogP contribution in [-0.2, 0) is 6.54 Å². The smallest absolute Gasteiger partial charge is 0.461 e. The van der Waals surface area contributed by atoms with Crippen molar-refractivity contribution in [3.8, 4) is 5.75 Å². The van der Waals surface area contributed by atoms with Crippen molar-refractivity contribution in [1.29, 1.82) is 0 Å². The number of ketones is 1. The van der Waals surface area contributed by atoms with E-state index in [1.54, 1.807) is 36.4 Å². The number of rotatable bonds is 8. The van der Waals surface area contributed by atoms with Gasteiger partial charge in [-0.05, 0) is 104 Å². The minimum atomic E-state index is -4.83. The predicted octanol–water partition coefficient (Wildman–Crippen LogP) is 8.69. The number of ether oxygens (including phenoxy) is 1. The van der Waals surface area contributed by atoms with Crippen LogP contribution >= 0.6 is 0 Å². The predicted molar refractivity (Wildman–Crippen MR) is 191 cm³/mol.